The Morgan fingerprint density at radius 1 is 1.22 bits per heavy atom. The number of ether oxygens (including phenoxy) is 1. The zero-order chi connectivity index (χ0) is 13.0. The van der Waals surface area contributed by atoms with Gasteiger partial charge in [-0.3, -0.25) is 0 Å². The molecule has 0 N–H and O–H groups in total. The molecule has 0 saturated carbocycles. The third kappa shape index (κ3) is 2.14. The van der Waals surface area contributed by atoms with E-state index >= 15 is 0 Å². The Morgan fingerprint density at radius 2 is 1.89 bits per heavy atom. The van der Waals surface area contributed by atoms with Crippen molar-refractivity contribution in [2.24, 2.45) is 0 Å². The number of allylic oxidation sites excluding steroid dienone is 2. The number of anilines is 1. The minimum absolute atomic E-state index is 0.211. The lowest BCUT2D eigenvalue weighted by atomic mass is 10.2. The summed E-state index contributed by atoms with van der Waals surface area (Å²) in [6.45, 7) is 0.842. The summed E-state index contributed by atoms with van der Waals surface area (Å²) < 4.78 is 5.11. The standard InChI is InChI=1S/C14H13N3O/c1-18-13-6-4-12(5-7-13)17-8-2-3-14(17)11(9-15)10-16/h4-7H,2-3,8H2,1H3. The molecule has 18 heavy (non-hydrogen) atoms. The van der Waals surface area contributed by atoms with Gasteiger partial charge < -0.3 is 9.64 Å². The molecular formula is C14H13N3O. The Labute approximate surface area is 106 Å². The molecule has 1 heterocycles. The van der Waals surface area contributed by atoms with Crippen molar-refractivity contribution in [1.29, 1.82) is 10.5 Å². The van der Waals surface area contributed by atoms with Gasteiger partial charge >= 0.3 is 0 Å². The molecule has 1 aromatic rings. The van der Waals surface area contributed by atoms with Crippen molar-refractivity contribution in [1.82, 2.24) is 0 Å². The maximum Gasteiger partial charge on any atom is 0.149 e. The van der Waals surface area contributed by atoms with Crippen LogP contribution < -0.4 is 9.64 Å². The molecule has 4 heteroatoms. The van der Waals surface area contributed by atoms with E-state index in [1.807, 2.05) is 41.3 Å². The fourth-order valence-electron chi connectivity index (χ4n) is 2.14. The van der Waals surface area contributed by atoms with E-state index in [2.05, 4.69) is 0 Å². The molecule has 0 aliphatic carbocycles. The molecule has 0 bridgehead atoms. The van der Waals surface area contributed by atoms with Crippen molar-refractivity contribution in [3.63, 3.8) is 0 Å². The summed E-state index contributed by atoms with van der Waals surface area (Å²) in [6.07, 6.45) is 1.75. The number of hydrogen-bond donors (Lipinski definition) is 0. The highest BCUT2D eigenvalue weighted by molar-refractivity contribution is 5.59. The van der Waals surface area contributed by atoms with Crippen molar-refractivity contribution in [3.8, 4) is 17.9 Å². The molecule has 1 saturated heterocycles. The van der Waals surface area contributed by atoms with Crippen molar-refractivity contribution >= 4 is 5.69 Å². The number of nitrogens with zero attached hydrogens (tertiary/aromatic N) is 3. The lowest BCUT2D eigenvalue weighted by Crippen LogP contribution is -2.17. The quantitative estimate of drug-likeness (QED) is 0.744. The predicted octanol–water partition coefficient (Wildman–Crippen LogP) is 2.60. The van der Waals surface area contributed by atoms with Gasteiger partial charge in [-0.05, 0) is 37.1 Å². The minimum Gasteiger partial charge on any atom is -0.497 e. The van der Waals surface area contributed by atoms with Crippen molar-refractivity contribution in [3.05, 3.63) is 35.5 Å². The van der Waals surface area contributed by atoms with E-state index in [0.29, 0.717) is 0 Å². The van der Waals surface area contributed by atoms with E-state index in [9.17, 15) is 0 Å². The summed E-state index contributed by atoms with van der Waals surface area (Å²) >= 11 is 0. The van der Waals surface area contributed by atoms with Gasteiger partial charge in [-0.15, -0.1) is 0 Å². The van der Waals surface area contributed by atoms with Crippen molar-refractivity contribution < 1.29 is 4.74 Å². The van der Waals surface area contributed by atoms with Gasteiger partial charge in [0.05, 0.1) is 7.11 Å². The van der Waals surface area contributed by atoms with Gasteiger partial charge in [0.2, 0.25) is 0 Å². The van der Waals surface area contributed by atoms with Gasteiger partial charge in [-0.1, -0.05) is 0 Å². The van der Waals surface area contributed by atoms with Crippen LogP contribution >= 0.6 is 0 Å². The topological polar surface area (TPSA) is 60.0 Å². The van der Waals surface area contributed by atoms with Crippen molar-refractivity contribution in [2.75, 3.05) is 18.6 Å². The maximum absolute atomic E-state index is 8.96. The van der Waals surface area contributed by atoms with Gasteiger partial charge in [0, 0.05) is 17.9 Å². The number of methoxy groups -OCH3 is 1. The zero-order valence-electron chi connectivity index (χ0n) is 10.2. The third-order valence-corrected chi connectivity index (χ3v) is 3.02. The highest BCUT2D eigenvalue weighted by Gasteiger charge is 2.22. The van der Waals surface area contributed by atoms with Gasteiger partial charge in [0.1, 0.15) is 23.5 Å². The molecule has 1 fully saturated rings. The molecule has 0 aromatic heterocycles. The highest BCUT2D eigenvalue weighted by atomic mass is 16.5. The monoisotopic (exact) mass is 239 g/mol. The van der Waals surface area contributed by atoms with Crippen LogP contribution in [-0.4, -0.2) is 13.7 Å². The molecule has 90 valence electrons. The number of nitriles is 2. The summed E-state index contributed by atoms with van der Waals surface area (Å²) in [5.41, 5.74) is 2.03. The minimum atomic E-state index is 0.211. The second kappa shape index (κ2) is 5.25. The summed E-state index contributed by atoms with van der Waals surface area (Å²) in [5, 5.41) is 17.9. The first-order chi connectivity index (χ1) is 8.80. The summed E-state index contributed by atoms with van der Waals surface area (Å²) in [6, 6.07) is 11.6. The van der Waals surface area contributed by atoms with Gasteiger partial charge in [-0.2, -0.15) is 10.5 Å². The van der Waals surface area contributed by atoms with Gasteiger partial charge in [0.15, 0.2) is 0 Å². The first-order valence-corrected chi connectivity index (χ1v) is 5.75. The Hall–Kier alpha value is -2.46. The third-order valence-electron chi connectivity index (χ3n) is 3.02. The fraction of sp³-hybridized carbons (Fsp3) is 0.286. The van der Waals surface area contributed by atoms with E-state index in [-0.39, 0.29) is 5.57 Å². The Bertz CT molecular complexity index is 530. The Morgan fingerprint density at radius 3 is 2.44 bits per heavy atom. The molecule has 2 rings (SSSR count). The summed E-state index contributed by atoms with van der Waals surface area (Å²) in [5.74, 6) is 0.796. The Balaban J connectivity index is 2.35. The molecule has 1 aromatic carbocycles. The highest BCUT2D eigenvalue weighted by Crippen LogP contribution is 2.31. The number of benzene rings is 1. The fourth-order valence-corrected chi connectivity index (χ4v) is 2.14. The molecule has 0 amide bonds. The van der Waals surface area contributed by atoms with E-state index in [1.165, 1.54) is 0 Å². The maximum atomic E-state index is 8.96. The van der Waals surface area contributed by atoms with E-state index in [1.54, 1.807) is 7.11 Å². The molecule has 0 spiro atoms. The summed E-state index contributed by atoms with van der Waals surface area (Å²) in [7, 11) is 1.62. The average Bonchev–Trinajstić information content (AvgIpc) is 2.90. The number of rotatable bonds is 2. The van der Waals surface area contributed by atoms with Crippen LogP contribution in [0.4, 0.5) is 5.69 Å². The SMILES string of the molecule is COc1ccc(N2CCCC2=C(C#N)C#N)cc1. The molecule has 0 radical (unpaired) electrons. The first-order valence-electron chi connectivity index (χ1n) is 5.75. The normalized spacial score (nSPS) is 13.9. The van der Waals surface area contributed by atoms with Gasteiger partial charge in [0.25, 0.3) is 0 Å². The van der Waals surface area contributed by atoms with Crippen LogP contribution in [-0.2, 0) is 0 Å². The van der Waals surface area contributed by atoms with E-state index < -0.39 is 0 Å². The largest absolute Gasteiger partial charge is 0.497 e. The zero-order valence-corrected chi connectivity index (χ0v) is 10.2. The summed E-state index contributed by atoms with van der Waals surface area (Å²) in [4.78, 5) is 2.03. The number of hydrogen-bond acceptors (Lipinski definition) is 4. The predicted molar refractivity (Wildman–Crippen MR) is 67.8 cm³/mol. The Kier molecular flexibility index (Phi) is 3.50. The lowest BCUT2D eigenvalue weighted by Gasteiger charge is -2.20. The van der Waals surface area contributed by atoms with Crippen LogP contribution in [0.25, 0.3) is 0 Å². The van der Waals surface area contributed by atoms with Crippen LogP contribution in [0.2, 0.25) is 0 Å². The molecule has 4 nitrogen and oxygen atoms in total. The van der Waals surface area contributed by atoms with Crippen LogP contribution in [0.1, 0.15) is 12.8 Å². The molecule has 0 unspecified atom stereocenters. The van der Waals surface area contributed by atoms with Crippen molar-refractivity contribution in [2.45, 2.75) is 12.8 Å². The van der Waals surface area contributed by atoms with E-state index in [0.717, 1.165) is 36.5 Å². The van der Waals surface area contributed by atoms with Crippen LogP contribution in [0.15, 0.2) is 35.5 Å². The van der Waals surface area contributed by atoms with Gasteiger partial charge in [-0.25, -0.2) is 0 Å². The first kappa shape index (κ1) is 12.0. The van der Waals surface area contributed by atoms with Crippen LogP contribution in [0.3, 0.4) is 0 Å². The molecular weight excluding hydrogens is 226 g/mol. The smallest absolute Gasteiger partial charge is 0.149 e. The van der Waals surface area contributed by atoms with Crippen LogP contribution in [0, 0.1) is 22.7 Å². The lowest BCUT2D eigenvalue weighted by molar-refractivity contribution is 0.415. The molecule has 1 aliphatic heterocycles. The van der Waals surface area contributed by atoms with E-state index in [4.69, 9.17) is 15.3 Å². The van der Waals surface area contributed by atoms with Crippen LogP contribution in [0.5, 0.6) is 5.75 Å². The second-order valence-corrected chi connectivity index (χ2v) is 4.00. The average molecular weight is 239 g/mol. The molecule has 0 atom stereocenters. The second-order valence-electron chi connectivity index (χ2n) is 4.00. The molecule has 1 aliphatic rings.